The van der Waals surface area contributed by atoms with Gasteiger partial charge in [-0.05, 0) is 80.4 Å². The molecule has 24 heavy (non-hydrogen) atoms. The van der Waals surface area contributed by atoms with Crippen molar-refractivity contribution in [1.29, 1.82) is 0 Å². The molecule has 0 amide bonds. The molecular weight excluding hydrogens is 294 g/mol. The molecule has 0 spiro atoms. The lowest BCUT2D eigenvalue weighted by Crippen LogP contribution is -2.40. The number of fused-ring (bicyclic) bond motifs is 1. The summed E-state index contributed by atoms with van der Waals surface area (Å²) in [5.41, 5.74) is 10.4. The van der Waals surface area contributed by atoms with Crippen molar-refractivity contribution in [3.63, 3.8) is 0 Å². The highest BCUT2D eigenvalue weighted by Crippen LogP contribution is 2.40. The molecule has 130 valence electrons. The number of aryl methyl sites for hydroxylation is 1. The van der Waals surface area contributed by atoms with E-state index in [2.05, 4.69) is 49.4 Å². The summed E-state index contributed by atoms with van der Waals surface area (Å²) in [5.74, 6) is 1.30. The Labute approximate surface area is 146 Å². The predicted molar refractivity (Wildman–Crippen MR) is 101 cm³/mol. The van der Waals surface area contributed by atoms with E-state index in [-0.39, 0.29) is 12.1 Å². The van der Waals surface area contributed by atoms with Crippen LogP contribution in [0.25, 0.3) is 0 Å². The smallest absolute Gasteiger partial charge is 0.0611 e. The first-order valence-electron chi connectivity index (χ1n) is 9.43. The number of hydrogen-bond donors (Lipinski definition) is 2. The van der Waals surface area contributed by atoms with Gasteiger partial charge in [-0.3, -0.25) is 0 Å². The highest BCUT2D eigenvalue weighted by Gasteiger charge is 2.36. The normalized spacial score (nSPS) is 30.3. The number of aliphatic hydroxyl groups is 1. The van der Waals surface area contributed by atoms with E-state index in [1.54, 1.807) is 5.56 Å². The minimum atomic E-state index is -0.356. The van der Waals surface area contributed by atoms with Gasteiger partial charge in [0.15, 0.2) is 0 Å². The molecule has 0 aliphatic heterocycles. The number of hydrogen-bond acceptors (Lipinski definition) is 2. The molecule has 0 bridgehead atoms. The van der Waals surface area contributed by atoms with Crippen LogP contribution in [0.4, 0.5) is 0 Å². The van der Waals surface area contributed by atoms with Crippen LogP contribution < -0.4 is 5.73 Å². The lowest BCUT2D eigenvalue weighted by Gasteiger charge is -2.25. The van der Waals surface area contributed by atoms with Gasteiger partial charge in [0.1, 0.15) is 0 Å². The number of benzene rings is 1. The summed E-state index contributed by atoms with van der Waals surface area (Å²) >= 11 is 0. The molecule has 3 atom stereocenters. The highest BCUT2D eigenvalue weighted by molar-refractivity contribution is 5.36. The first-order chi connectivity index (χ1) is 11.6. The van der Waals surface area contributed by atoms with Crippen molar-refractivity contribution >= 4 is 0 Å². The standard InChI is InChI=1S/C22H31NO/c1-2-3-4-5-6-17-7-8-19-14-20(10-9-18(19)13-17)21-11-12-22(23,15-21)16-24/h2-5,9-10,14,17,21,24H,6-8,11-13,15-16,23H2,1H3/b3-2+,5-4-/t17-,21+,22-/m1/s1. The molecule has 0 unspecified atom stereocenters. The van der Waals surface area contributed by atoms with Crippen molar-refractivity contribution in [2.24, 2.45) is 11.7 Å². The van der Waals surface area contributed by atoms with Gasteiger partial charge in [-0.2, -0.15) is 0 Å². The average Bonchev–Trinajstić information content (AvgIpc) is 3.01. The van der Waals surface area contributed by atoms with Gasteiger partial charge in [0.25, 0.3) is 0 Å². The fourth-order valence-electron chi connectivity index (χ4n) is 4.35. The Morgan fingerprint density at radius 2 is 2.12 bits per heavy atom. The summed E-state index contributed by atoms with van der Waals surface area (Å²) in [5, 5.41) is 9.48. The van der Waals surface area contributed by atoms with Crippen molar-refractivity contribution in [2.45, 2.75) is 63.3 Å². The minimum Gasteiger partial charge on any atom is -0.394 e. The third-order valence-corrected chi connectivity index (χ3v) is 5.90. The molecule has 0 heterocycles. The first kappa shape index (κ1) is 17.4. The summed E-state index contributed by atoms with van der Waals surface area (Å²) in [6.45, 7) is 2.16. The fraction of sp³-hybridized carbons (Fsp3) is 0.545. The molecule has 1 saturated carbocycles. The Morgan fingerprint density at radius 3 is 2.88 bits per heavy atom. The monoisotopic (exact) mass is 325 g/mol. The van der Waals surface area contributed by atoms with E-state index in [1.165, 1.54) is 36.8 Å². The topological polar surface area (TPSA) is 46.2 Å². The number of aliphatic hydroxyl groups excluding tert-OH is 1. The van der Waals surface area contributed by atoms with Crippen LogP contribution in [-0.2, 0) is 12.8 Å². The fourth-order valence-corrected chi connectivity index (χ4v) is 4.35. The van der Waals surface area contributed by atoms with E-state index in [0.717, 1.165) is 25.2 Å². The van der Waals surface area contributed by atoms with E-state index in [0.29, 0.717) is 5.92 Å². The lowest BCUT2D eigenvalue weighted by atomic mass is 9.80. The molecule has 2 aliphatic carbocycles. The second-order valence-corrected chi connectivity index (χ2v) is 7.79. The zero-order chi connectivity index (χ0) is 17.0. The molecule has 0 radical (unpaired) electrons. The number of rotatable bonds is 5. The number of nitrogens with two attached hydrogens (primary N) is 1. The van der Waals surface area contributed by atoms with Gasteiger partial charge in [-0.15, -0.1) is 0 Å². The predicted octanol–water partition coefficient (Wildman–Crippen LogP) is 4.27. The molecular formula is C22H31NO. The molecule has 1 aromatic carbocycles. The Bertz CT molecular complexity index is 618. The Kier molecular flexibility index (Phi) is 5.57. The second-order valence-electron chi connectivity index (χ2n) is 7.79. The highest BCUT2D eigenvalue weighted by atomic mass is 16.3. The van der Waals surface area contributed by atoms with Gasteiger partial charge >= 0.3 is 0 Å². The first-order valence-corrected chi connectivity index (χ1v) is 9.43. The molecule has 3 rings (SSSR count). The SMILES string of the molecule is C/C=C/C=C\C[C@@H]1CCc2cc([C@H]3CC[C@](N)(CO)C3)ccc2C1. The van der Waals surface area contributed by atoms with E-state index >= 15 is 0 Å². The molecule has 1 fully saturated rings. The summed E-state index contributed by atoms with van der Waals surface area (Å²) < 4.78 is 0. The molecule has 2 heteroatoms. The van der Waals surface area contributed by atoms with Crippen LogP contribution in [0.15, 0.2) is 42.5 Å². The minimum absolute atomic E-state index is 0.108. The van der Waals surface area contributed by atoms with Crippen LogP contribution >= 0.6 is 0 Å². The molecule has 0 aromatic heterocycles. The van der Waals surface area contributed by atoms with Crippen LogP contribution in [-0.4, -0.2) is 17.3 Å². The summed E-state index contributed by atoms with van der Waals surface area (Å²) in [6, 6.07) is 7.08. The zero-order valence-electron chi connectivity index (χ0n) is 14.9. The van der Waals surface area contributed by atoms with Gasteiger partial charge in [0.05, 0.1) is 6.61 Å². The lowest BCUT2D eigenvalue weighted by molar-refractivity contribution is 0.198. The van der Waals surface area contributed by atoms with Gasteiger partial charge in [0.2, 0.25) is 0 Å². The van der Waals surface area contributed by atoms with Gasteiger partial charge in [0, 0.05) is 5.54 Å². The largest absolute Gasteiger partial charge is 0.394 e. The quantitative estimate of drug-likeness (QED) is 0.794. The third-order valence-electron chi connectivity index (χ3n) is 5.90. The van der Waals surface area contributed by atoms with E-state index in [1.807, 2.05) is 0 Å². The van der Waals surface area contributed by atoms with Crippen molar-refractivity contribution < 1.29 is 5.11 Å². The van der Waals surface area contributed by atoms with Crippen molar-refractivity contribution in [3.05, 3.63) is 59.2 Å². The van der Waals surface area contributed by atoms with Crippen LogP contribution in [0.5, 0.6) is 0 Å². The van der Waals surface area contributed by atoms with E-state index in [9.17, 15) is 5.11 Å². The third kappa shape index (κ3) is 3.99. The molecule has 2 nitrogen and oxygen atoms in total. The van der Waals surface area contributed by atoms with Crippen molar-refractivity contribution in [3.8, 4) is 0 Å². The van der Waals surface area contributed by atoms with Crippen LogP contribution in [0.1, 0.15) is 61.6 Å². The Balaban J connectivity index is 1.64. The van der Waals surface area contributed by atoms with Gasteiger partial charge in [-0.25, -0.2) is 0 Å². The van der Waals surface area contributed by atoms with Crippen LogP contribution in [0, 0.1) is 5.92 Å². The maximum atomic E-state index is 9.48. The van der Waals surface area contributed by atoms with Crippen LogP contribution in [0.3, 0.4) is 0 Å². The van der Waals surface area contributed by atoms with E-state index in [4.69, 9.17) is 5.73 Å². The van der Waals surface area contributed by atoms with Crippen LogP contribution in [0.2, 0.25) is 0 Å². The summed E-state index contributed by atoms with van der Waals surface area (Å²) in [6.07, 6.45) is 16.5. The zero-order valence-corrected chi connectivity index (χ0v) is 14.9. The number of allylic oxidation sites excluding steroid dienone is 4. The van der Waals surface area contributed by atoms with Crippen molar-refractivity contribution in [2.75, 3.05) is 6.61 Å². The second kappa shape index (κ2) is 7.67. The maximum Gasteiger partial charge on any atom is 0.0611 e. The molecule has 2 aliphatic rings. The van der Waals surface area contributed by atoms with Gasteiger partial charge in [-0.1, -0.05) is 42.5 Å². The summed E-state index contributed by atoms with van der Waals surface area (Å²) in [4.78, 5) is 0. The molecule has 0 saturated heterocycles. The van der Waals surface area contributed by atoms with Crippen molar-refractivity contribution in [1.82, 2.24) is 0 Å². The summed E-state index contributed by atoms with van der Waals surface area (Å²) in [7, 11) is 0. The average molecular weight is 325 g/mol. The maximum absolute atomic E-state index is 9.48. The van der Waals surface area contributed by atoms with Gasteiger partial charge < -0.3 is 10.8 Å². The Hall–Kier alpha value is -1.38. The molecule has 3 N–H and O–H groups in total. The molecule has 1 aromatic rings. The Morgan fingerprint density at radius 1 is 1.25 bits per heavy atom. The van der Waals surface area contributed by atoms with E-state index < -0.39 is 0 Å².